The average molecular weight is 489 g/mol. The lowest BCUT2D eigenvalue weighted by Crippen LogP contribution is -2.19. The van der Waals surface area contributed by atoms with Gasteiger partial charge < -0.3 is 14.2 Å². The summed E-state index contributed by atoms with van der Waals surface area (Å²) in [5.41, 5.74) is 2.81. The van der Waals surface area contributed by atoms with E-state index < -0.39 is 9.84 Å². The molecule has 0 bridgehead atoms. The minimum atomic E-state index is -3.34. The normalized spacial score (nSPS) is 11.9. The maximum absolute atomic E-state index is 12.5. The fourth-order valence-corrected chi connectivity index (χ4v) is 4.89. The van der Waals surface area contributed by atoms with Gasteiger partial charge in [-0.1, -0.05) is 6.92 Å². The molecule has 10 nitrogen and oxygen atoms in total. The molecule has 3 aromatic heterocycles. The molecule has 0 aliphatic rings. The molecule has 0 spiro atoms. The number of rotatable bonds is 10. The Labute approximate surface area is 200 Å². The van der Waals surface area contributed by atoms with Crippen LogP contribution in [0.15, 0.2) is 29.2 Å². The summed E-state index contributed by atoms with van der Waals surface area (Å²) in [7, 11) is 2.30. The van der Waals surface area contributed by atoms with Crippen molar-refractivity contribution in [3.63, 3.8) is 0 Å². The van der Waals surface area contributed by atoms with E-state index in [1.807, 2.05) is 39.5 Å². The molecule has 184 valence electrons. The van der Waals surface area contributed by atoms with Crippen LogP contribution in [0.1, 0.15) is 30.4 Å². The van der Waals surface area contributed by atoms with Crippen molar-refractivity contribution in [2.75, 3.05) is 26.4 Å². The number of pyridine rings is 1. The molecule has 0 radical (unpaired) electrons. The van der Waals surface area contributed by atoms with Crippen molar-refractivity contribution in [3.05, 3.63) is 51.8 Å². The van der Waals surface area contributed by atoms with Gasteiger partial charge in [0.15, 0.2) is 15.6 Å². The van der Waals surface area contributed by atoms with Crippen LogP contribution in [0.3, 0.4) is 0 Å². The minimum Gasteiger partial charge on any atom is -0.420 e. The van der Waals surface area contributed by atoms with E-state index in [-0.39, 0.29) is 23.1 Å². The van der Waals surface area contributed by atoms with E-state index in [1.165, 1.54) is 10.6 Å². The highest BCUT2D eigenvalue weighted by molar-refractivity contribution is 7.90. The van der Waals surface area contributed by atoms with Crippen LogP contribution in [-0.4, -0.2) is 64.0 Å². The van der Waals surface area contributed by atoms with Gasteiger partial charge in [0.05, 0.1) is 35.1 Å². The number of aromatic nitrogens is 5. The van der Waals surface area contributed by atoms with Gasteiger partial charge in [-0.25, -0.2) is 8.42 Å². The van der Waals surface area contributed by atoms with E-state index in [4.69, 9.17) is 4.74 Å². The molecular weight excluding hydrogens is 456 g/mol. The van der Waals surface area contributed by atoms with E-state index in [0.29, 0.717) is 41.4 Å². The molecule has 0 aromatic carbocycles. The first-order chi connectivity index (χ1) is 16.0. The van der Waals surface area contributed by atoms with Crippen LogP contribution < -0.4 is 10.3 Å². The molecule has 0 amide bonds. The Kier molecular flexibility index (Phi) is 7.88. The molecule has 0 saturated carbocycles. The third-order valence-electron chi connectivity index (χ3n) is 5.29. The van der Waals surface area contributed by atoms with Crippen LogP contribution in [0.2, 0.25) is 0 Å². The summed E-state index contributed by atoms with van der Waals surface area (Å²) in [6.45, 7) is 7.09. The highest BCUT2D eigenvalue weighted by Crippen LogP contribution is 2.29. The van der Waals surface area contributed by atoms with E-state index in [1.54, 1.807) is 25.4 Å². The summed E-state index contributed by atoms with van der Waals surface area (Å²) in [6.07, 6.45) is 2.17. The van der Waals surface area contributed by atoms with Crippen molar-refractivity contribution in [2.24, 2.45) is 7.05 Å². The van der Waals surface area contributed by atoms with Gasteiger partial charge in [-0.05, 0) is 46.5 Å². The summed E-state index contributed by atoms with van der Waals surface area (Å²) >= 11 is 0. The summed E-state index contributed by atoms with van der Waals surface area (Å²) < 4.78 is 34.4. The van der Waals surface area contributed by atoms with E-state index in [2.05, 4.69) is 20.0 Å². The van der Waals surface area contributed by atoms with Crippen molar-refractivity contribution < 1.29 is 13.2 Å². The van der Waals surface area contributed by atoms with Gasteiger partial charge in [-0.3, -0.25) is 9.48 Å². The van der Waals surface area contributed by atoms with Gasteiger partial charge in [0, 0.05) is 31.4 Å². The first-order valence-electron chi connectivity index (χ1n) is 11.1. The quantitative estimate of drug-likeness (QED) is 0.427. The highest BCUT2D eigenvalue weighted by Gasteiger charge is 2.19. The Morgan fingerprint density at radius 3 is 2.53 bits per heavy atom. The summed E-state index contributed by atoms with van der Waals surface area (Å²) in [4.78, 5) is 22.8. The van der Waals surface area contributed by atoms with Gasteiger partial charge in [0.1, 0.15) is 5.69 Å². The van der Waals surface area contributed by atoms with Crippen LogP contribution in [0, 0.1) is 13.8 Å². The zero-order valence-electron chi connectivity index (χ0n) is 20.6. The topological polar surface area (TPSA) is 112 Å². The Balaban J connectivity index is 2.03. The Morgan fingerprint density at radius 1 is 1.15 bits per heavy atom. The van der Waals surface area contributed by atoms with E-state index in [0.717, 1.165) is 12.2 Å². The Morgan fingerprint density at radius 2 is 1.88 bits per heavy atom. The van der Waals surface area contributed by atoms with E-state index >= 15 is 0 Å². The number of nitrogens with zero attached hydrogens (tertiary/aromatic N) is 6. The monoisotopic (exact) mass is 488 g/mol. The molecule has 3 aromatic rings. The first-order valence-corrected chi connectivity index (χ1v) is 12.9. The smallest absolute Gasteiger partial charge is 0.322 e. The molecule has 3 rings (SSSR count). The van der Waals surface area contributed by atoms with Crippen LogP contribution in [0.25, 0.3) is 11.3 Å². The van der Waals surface area contributed by atoms with Gasteiger partial charge >= 0.3 is 6.01 Å². The molecule has 0 N–H and O–H groups in total. The number of likely N-dealkylation sites (N-methyl/N-ethyl adjacent to an activating group) is 1. The average Bonchev–Trinajstić information content (AvgIpc) is 3.01. The lowest BCUT2D eigenvalue weighted by Gasteiger charge is -2.12. The van der Waals surface area contributed by atoms with Gasteiger partial charge in [-0.2, -0.15) is 15.1 Å². The Bertz CT molecular complexity index is 1330. The second-order valence-electron chi connectivity index (χ2n) is 8.61. The lowest BCUT2D eigenvalue weighted by molar-refractivity contribution is 0.369. The van der Waals surface area contributed by atoms with Crippen LogP contribution in [0.5, 0.6) is 11.8 Å². The number of sulfone groups is 1. The summed E-state index contributed by atoms with van der Waals surface area (Å²) in [5, 5.41) is 4.56. The molecule has 3 heterocycles. The summed E-state index contributed by atoms with van der Waals surface area (Å²) in [5.74, 6) is 0.386. The van der Waals surface area contributed by atoms with Gasteiger partial charge in [0.25, 0.3) is 0 Å². The second kappa shape index (κ2) is 10.5. The third-order valence-corrected chi connectivity index (χ3v) is 7.06. The molecule has 0 aliphatic heterocycles. The largest absolute Gasteiger partial charge is 0.420 e. The minimum absolute atomic E-state index is 0.0337. The maximum atomic E-state index is 12.5. The number of ether oxygens (including phenoxy) is 1. The third kappa shape index (κ3) is 6.29. The first kappa shape index (κ1) is 25.6. The molecular formula is C23H32N6O4S. The summed E-state index contributed by atoms with van der Waals surface area (Å²) in [6, 6.07) is 4.75. The zero-order chi connectivity index (χ0) is 25.0. The molecule has 34 heavy (non-hydrogen) atoms. The number of hydrogen-bond donors (Lipinski definition) is 0. The molecule has 0 saturated heterocycles. The number of aryl methyl sites for hydroxylation is 2. The maximum Gasteiger partial charge on any atom is 0.322 e. The fourth-order valence-electron chi connectivity index (χ4n) is 3.53. The van der Waals surface area contributed by atoms with Gasteiger partial charge in [-0.15, -0.1) is 0 Å². The predicted octanol–water partition coefficient (Wildman–Crippen LogP) is 2.33. The van der Waals surface area contributed by atoms with Crippen LogP contribution in [0.4, 0.5) is 0 Å². The standard InChI is InChI=1S/C23H32N6O4S/c1-7-12-34(31,32)15-19-13-20(18-8-9-21(30)28(6)14-18)25-23(24-19)33-22-16(2)26-29(17(22)3)11-10-27(4)5/h8-9,13-14H,7,10-12,15H2,1-6H3. The zero-order valence-corrected chi connectivity index (χ0v) is 21.4. The van der Waals surface area contributed by atoms with Crippen LogP contribution in [-0.2, 0) is 29.2 Å². The molecule has 11 heteroatoms. The number of hydrogen-bond acceptors (Lipinski definition) is 8. The molecule has 0 fully saturated rings. The molecule has 0 aliphatic carbocycles. The molecule has 0 unspecified atom stereocenters. The van der Waals surface area contributed by atoms with E-state index in [9.17, 15) is 13.2 Å². The van der Waals surface area contributed by atoms with Crippen molar-refractivity contribution >= 4 is 9.84 Å². The highest BCUT2D eigenvalue weighted by atomic mass is 32.2. The fraction of sp³-hybridized carbons (Fsp3) is 0.478. The SMILES string of the molecule is CCCS(=O)(=O)Cc1cc(-c2ccc(=O)n(C)c2)nc(Oc2c(C)nn(CCN(C)C)c2C)n1. The lowest BCUT2D eigenvalue weighted by atomic mass is 10.2. The van der Waals surface area contributed by atoms with Crippen molar-refractivity contribution in [3.8, 4) is 23.0 Å². The van der Waals surface area contributed by atoms with Crippen molar-refractivity contribution in [1.82, 2.24) is 29.2 Å². The van der Waals surface area contributed by atoms with Crippen molar-refractivity contribution in [1.29, 1.82) is 0 Å². The molecule has 0 atom stereocenters. The Hall–Kier alpha value is -3.05. The van der Waals surface area contributed by atoms with Crippen molar-refractivity contribution in [2.45, 2.75) is 39.5 Å². The predicted molar refractivity (Wildman–Crippen MR) is 131 cm³/mol. The van der Waals surface area contributed by atoms with Crippen LogP contribution >= 0.6 is 0 Å². The second-order valence-corrected chi connectivity index (χ2v) is 10.8. The van der Waals surface area contributed by atoms with Gasteiger partial charge in [0.2, 0.25) is 5.56 Å².